The zero-order valence-corrected chi connectivity index (χ0v) is 19.6. The predicted octanol–water partition coefficient (Wildman–Crippen LogP) is 3.08. The van der Waals surface area contributed by atoms with Crippen LogP contribution in [0.25, 0.3) is 33.7 Å². The molecule has 2 N–H and O–H groups in total. The molecule has 0 unspecified atom stereocenters. The molecule has 1 fully saturated rings. The molecule has 1 aromatic carbocycles. The van der Waals surface area contributed by atoms with Crippen molar-refractivity contribution in [1.29, 1.82) is 5.26 Å². The number of rotatable bonds is 5. The summed E-state index contributed by atoms with van der Waals surface area (Å²) in [4.78, 5) is 19.1. The van der Waals surface area contributed by atoms with Gasteiger partial charge in [-0.2, -0.15) is 5.26 Å². The SMILES string of the molecule is Cc1c(C#N)cccc1-c1cc(-c2cn(Cc3cccc(N4CC[C@@H](O)C4)n3)nn2)c2nc[nH]c2n1. The van der Waals surface area contributed by atoms with Gasteiger partial charge < -0.3 is 15.0 Å². The van der Waals surface area contributed by atoms with Gasteiger partial charge in [0.1, 0.15) is 17.0 Å². The van der Waals surface area contributed by atoms with Crippen molar-refractivity contribution in [1.82, 2.24) is 34.9 Å². The number of nitrogens with zero attached hydrogens (tertiary/aromatic N) is 8. The van der Waals surface area contributed by atoms with E-state index in [-0.39, 0.29) is 6.10 Å². The van der Waals surface area contributed by atoms with Gasteiger partial charge in [-0.05, 0) is 43.2 Å². The number of anilines is 1. The molecule has 0 bridgehead atoms. The van der Waals surface area contributed by atoms with E-state index in [2.05, 4.69) is 31.2 Å². The summed E-state index contributed by atoms with van der Waals surface area (Å²) < 4.78 is 1.75. The minimum Gasteiger partial charge on any atom is -0.391 e. The molecule has 1 aliphatic heterocycles. The lowest BCUT2D eigenvalue weighted by molar-refractivity contribution is 0.198. The Morgan fingerprint density at radius 3 is 2.86 bits per heavy atom. The number of H-pyrrole nitrogens is 1. The number of imidazole rings is 1. The van der Waals surface area contributed by atoms with Crippen LogP contribution in [0.4, 0.5) is 5.82 Å². The van der Waals surface area contributed by atoms with Crippen molar-refractivity contribution in [2.75, 3.05) is 18.0 Å². The summed E-state index contributed by atoms with van der Waals surface area (Å²) >= 11 is 0. The summed E-state index contributed by atoms with van der Waals surface area (Å²) in [5.41, 5.74) is 6.77. The number of aromatic amines is 1. The molecule has 1 atom stereocenters. The van der Waals surface area contributed by atoms with Crippen LogP contribution in [0.2, 0.25) is 0 Å². The Balaban J connectivity index is 1.33. The molecule has 5 heterocycles. The Bertz CT molecular complexity index is 1610. The van der Waals surface area contributed by atoms with Crippen molar-refractivity contribution < 1.29 is 5.11 Å². The van der Waals surface area contributed by atoms with E-state index in [9.17, 15) is 10.4 Å². The molecule has 5 aromatic rings. The lowest BCUT2D eigenvalue weighted by Crippen LogP contribution is -2.22. The van der Waals surface area contributed by atoms with Crippen molar-refractivity contribution in [3.05, 3.63) is 71.8 Å². The van der Waals surface area contributed by atoms with Crippen LogP contribution < -0.4 is 4.90 Å². The monoisotopic (exact) mass is 477 g/mol. The molecule has 0 spiro atoms. The highest BCUT2D eigenvalue weighted by atomic mass is 16.3. The van der Waals surface area contributed by atoms with Gasteiger partial charge in [0.2, 0.25) is 0 Å². The van der Waals surface area contributed by atoms with Gasteiger partial charge in [0.25, 0.3) is 0 Å². The van der Waals surface area contributed by atoms with Gasteiger partial charge >= 0.3 is 0 Å². The summed E-state index contributed by atoms with van der Waals surface area (Å²) in [7, 11) is 0. The normalized spacial score (nSPS) is 15.5. The number of aliphatic hydroxyl groups is 1. The first-order chi connectivity index (χ1) is 17.6. The second kappa shape index (κ2) is 8.87. The van der Waals surface area contributed by atoms with Gasteiger partial charge in [-0.15, -0.1) is 5.10 Å². The van der Waals surface area contributed by atoms with E-state index in [1.807, 2.05) is 49.5 Å². The molecule has 36 heavy (non-hydrogen) atoms. The van der Waals surface area contributed by atoms with Crippen molar-refractivity contribution in [2.45, 2.75) is 26.0 Å². The minimum atomic E-state index is -0.302. The largest absolute Gasteiger partial charge is 0.391 e. The van der Waals surface area contributed by atoms with E-state index in [4.69, 9.17) is 9.97 Å². The van der Waals surface area contributed by atoms with E-state index in [1.54, 1.807) is 17.1 Å². The Labute approximate surface area is 206 Å². The van der Waals surface area contributed by atoms with Crippen LogP contribution in [0.3, 0.4) is 0 Å². The molecule has 0 aliphatic carbocycles. The average Bonchev–Trinajstić information content (AvgIpc) is 3.65. The van der Waals surface area contributed by atoms with E-state index < -0.39 is 0 Å². The van der Waals surface area contributed by atoms with Crippen molar-refractivity contribution >= 4 is 17.0 Å². The molecular formula is C26H23N9O. The smallest absolute Gasteiger partial charge is 0.158 e. The Morgan fingerprint density at radius 1 is 1.14 bits per heavy atom. The third kappa shape index (κ3) is 3.95. The Kier molecular flexibility index (Phi) is 5.39. The maximum Gasteiger partial charge on any atom is 0.158 e. The number of pyridine rings is 2. The number of hydrogen-bond acceptors (Lipinski definition) is 8. The van der Waals surface area contributed by atoms with Crippen LogP contribution in [0.15, 0.2) is 55.0 Å². The topological polar surface area (TPSA) is 132 Å². The van der Waals surface area contributed by atoms with E-state index >= 15 is 0 Å². The van der Waals surface area contributed by atoms with Gasteiger partial charge in [0.05, 0.1) is 48.2 Å². The molecular weight excluding hydrogens is 454 g/mol. The van der Waals surface area contributed by atoms with Crippen molar-refractivity contribution in [3.63, 3.8) is 0 Å². The zero-order valence-electron chi connectivity index (χ0n) is 19.6. The van der Waals surface area contributed by atoms with Crippen LogP contribution in [0.5, 0.6) is 0 Å². The number of nitriles is 1. The first-order valence-corrected chi connectivity index (χ1v) is 11.7. The molecule has 1 aliphatic rings. The molecule has 10 nitrogen and oxygen atoms in total. The van der Waals surface area contributed by atoms with Crippen molar-refractivity contribution in [2.24, 2.45) is 0 Å². The summed E-state index contributed by atoms with van der Waals surface area (Å²) in [5.74, 6) is 0.858. The molecule has 178 valence electrons. The standard InChI is InChI=1S/C26H23N9O/c1-16-17(11-27)4-2-6-20(16)22-10-21(25-26(31-22)29-15-28-25)23-14-35(33-32-23)12-18-5-3-7-24(30-18)34-9-8-19(36)13-34/h2-7,10,14-15,19,36H,8-9,12-13H2,1H3,(H,28,29,31)/t19-/m1/s1. The van der Waals surface area contributed by atoms with Crippen LogP contribution in [0, 0.1) is 18.3 Å². The fraction of sp³-hybridized carbons (Fsp3) is 0.231. The van der Waals surface area contributed by atoms with Crippen LogP contribution in [-0.4, -0.2) is 59.2 Å². The van der Waals surface area contributed by atoms with Crippen molar-refractivity contribution in [3.8, 4) is 28.6 Å². The average molecular weight is 478 g/mol. The van der Waals surface area contributed by atoms with Crippen LogP contribution in [0.1, 0.15) is 23.2 Å². The Morgan fingerprint density at radius 2 is 2.03 bits per heavy atom. The second-order valence-corrected chi connectivity index (χ2v) is 8.92. The molecule has 10 heteroatoms. The maximum absolute atomic E-state index is 9.85. The molecule has 0 amide bonds. The number of fused-ring (bicyclic) bond motifs is 1. The number of nitrogens with one attached hydrogen (secondary N) is 1. The van der Waals surface area contributed by atoms with E-state index in [0.29, 0.717) is 35.5 Å². The predicted molar refractivity (Wildman–Crippen MR) is 134 cm³/mol. The molecule has 0 saturated carbocycles. The van der Waals surface area contributed by atoms with Gasteiger partial charge in [-0.25, -0.2) is 19.6 Å². The fourth-order valence-corrected chi connectivity index (χ4v) is 4.64. The summed E-state index contributed by atoms with van der Waals surface area (Å²) in [6.45, 7) is 3.78. The summed E-state index contributed by atoms with van der Waals surface area (Å²) in [5, 5.41) is 28.1. The van der Waals surface area contributed by atoms with E-state index in [0.717, 1.165) is 46.9 Å². The molecule has 6 rings (SSSR count). The highest BCUT2D eigenvalue weighted by Crippen LogP contribution is 2.31. The van der Waals surface area contributed by atoms with Gasteiger partial charge in [0.15, 0.2) is 5.65 Å². The third-order valence-electron chi connectivity index (χ3n) is 6.54. The molecule has 4 aromatic heterocycles. The molecule has 0 radical (unpaired) electrons. The third-order valence-corrected chi connectivity index (χ3v) is 6.54. The lowest BCUT2D eigenvalue weighted by atomic mass is 9.99. The second-order valence-electron chi connectivity index (χ2n) is 8.92. The number of benzene rings is 1. The fourth-order valence-electron chi connectivity index (χ4n) is 4.64. The van der Waals surface area contributed by atoms with Gasteiger partial charge in [-0.3, -0.25) is 0 Å². The van der Waals surface area contributed by atoms with Gasteiger partial charge in [-0.1, -0.05) is 23.4 Å². The quantitative estimate of drug-likeness (QED) is 0.395. The number of aliphatic hydroxyl groups excluding tert-OH is 1. The summed E-state index contributed by atoms with van der Waals surface area (Å²) in [6, 6.07) is 15.7. The number of hydrogen-bond donors (Lipinski definition) is 2. The lowest BCUT2D eigenvalue weighted by Gasteiger charge is -2.17. The highest BCUT2D eigenvalue weighted by Gasteiger charge is 2.21. The first-order valence-electron chi connectivity index (χ1n) is 11.7. The number of aromatic nitrogens is 7. The van der Waals surface area contributed by atoms with Gasteiger partial charge in [0, 0.05) is 24.2 Å². The minimum absolute atomic E-state index is 0.302. The highest BCUT2D eigenvalue weighted by molar-refractivity contribution is 5.91. The summed E-state index contributed by atoms with van der Waals surface area (Å²) in [6.07, 6.45) is 3.94. The zero-order chi connectivity index (χ0) is 24.6. The number of β-amino-alcohol motifs (C(OH)–C–C–N with tert-alkyl or cyclic N) is 1. The maximum atomic E-state index is 9.85. The molecule has 1 saturated heterocycles. The van der Waals surface area contributed by atoms with Crippen LogP contribution >= 0.6 is 0 Å². The van der Waals surface area contributed by atoms with Crippen LogP contribution in [-0.2, 0) is 6.54 Å². The Hall–Kier alpha value is -4.62. The first kappa shape index (κ1) is 21.9. The van der Waals surface area contributed by atoms with E-state index in [1.165, 1.54) is 0 Å².